The molecule has 0 aliphatic rings. The molecule has 2 aromatic heterocycles. The van der Waals surface area contributed by atoms with E-state index in [0.717, 1.165) is 26.6 Å². The number of nitrogens with one attached hydrogen (secondary N) is 1. The van der Waals surface area contributed by atoms with Crippen molar-refractivity contribution < 1.29 is 20.7 Å². The Morgan fingerprint density at radius 2 is 1.88 bits per heavy atom. The number of pyridine rings is 1. The Hall–Kier alpha value is -3.58. The van der Waals surface area contributed by atoms with Crippen LogP contribution in [0.3, 0.4) is 0 Å². The van der Waals surface area contributed by atoms with Gasteiger partial charge >= 0.3 is 0 Å². The number of aryl methyl sites for hydroxylation is 1. The van der Waals surface area contributed by atoms with Crippen molar-refractivity contribution in [2.24, 2.45) is 0 Å². The molecule has 8 nitrogen and oxygen atoms in total. The molecular weight excluding hydrogens is 437 g/mol. The van der Waals surface area contributed by atoms with Crippen molar-refractivity contribution in [1.29, 1.82) is 0 Å². The monoisotopic (exact) mass is 464 g/mol. The molecule has 0 fully saturated rings. The maximum atomic E-state index is 12.3. The van der Waals surface area contributed by atoms with Gasteiger partial charge in [-0.2, -0.15) is 10.2 Å². The van der Waals surface area contributed by atoms with Crippen LogP contribution >= 0.6 is 9.24 Å². The predicted octanol–water partition coefficient (Wildman–Crippen LogP) is 3.41. The summed E-state index contributed by atoms with van der Waals surface area (Å²) in [5.41, 5.74) is 5.47. The fourth-order valence-electron chi connectivity index (χ4n) is 3.09. The van der Waals surface area contributed by atoms with E-state index in [1.165, 1.54) is 12.3 Å². The van der Waals surface area contributed by atoms with Gasteiger partial charge in [-0.3, -0.25) is 4.79 Å². The minimum atomic E-state index is -0.246. The molecule has 0 aliphatic heterocycles. The molecule has 0 radical (unpaired) electrons. The quantitative estimate of drug-likeness (QED) is 0.156. The molecule has 0 saturated heterocycles. The summed E-state index contributed by atoms with van der Waals surface area (Å²) in [7, 11) is 2.58. The summed E-state index contributed by atoms with van der Waals surface area (Å²) < 4.78 is 0.931. The van der Waals surface area contributed by atoms with E-state index < -0.39 is 0 Å². The van der Waals surface area contributed by atoms with Crippen LogP contribution in [0.5, 0.6) is 0 Å². The first-order valence-electron chi connectivity index (χ1n) is 10.5. The second-order valence-corrected chi connectivity index (χ2v) is 7.65. The highest BCUT2D eigenvalue weighted by atomic mass is 31.0. The fourth-order valence-corrected chi connectivity index (χ4v) is 3.49. The van der Waals surface area contributed by atoms with E-state index in [4.69, 9.17) is 5.21 Å². The highest BCUT2D eigenvalue weighted by Gasteiger charge is 2.16. The van der Waals surface area contributed by atoms with Crippen LogP contribution in [0.25, 0.3) is 28.6 Å². The average Bonchev–Trinajstić information content (AvgIpc) is 3.15. The minimum absolute atomic E-state index is 0.246. The van der Waals surface area contributed by atoms with Crippen molar-refractivity contribution in [1.82, 2.24) is 14.7 Å². The number of imidazole rings is 1. The Kier molecular flexibility index (Phi) is 7.90. The van der Waals surface area contributed by atoms with Crippen molar-refractivity contribution in [3.63, 3.8) is 0 Å². The van der Waals surface area contributed by atoms with E-state index in [2.05, 4.69) is 24.5 Å². The fraction of sp³-hybridized carbons (Fsp3) is 0.125. The Balaban J connectivity index is 0.00000149. The smallest absolute Gasteiger partial charge is 0.248 e. The van der Waals surface area contributed by atoms with Crippen LogP contribution < -0.4 is 16.1 Å². The maximum absolute atomic E-state index is 12.3. The van der Waals surface area contributed by atoms with Crippen LogP contribution in [0.2, 0.25) is 0 Å². The SMILES string of the molecule is CC.Cc1ccc(/C=C/C(=O)Nc2ccc(-c3nc4ncc([NH2+]O)cc4n3O)c(P)c2)cc1. The van der Waals surface area contributed by atoms with Gasteiger partial charge < -0.3 is 10.5 Å². The first kappa shape index (κ1) is 24.1. The topological polar surface area (TPSA) is 117 Å². The molecule has 9 heteroatoms. The number of nitrogens with zero attached hydrogens (tertiary/aromatic N) is 3. The zero-order valence-corrected chi connectivity index (χ0v) is 19.8. The molecule has 33 heavy (non-hydrogen) atoms. The highest BCUT2D eigenvalue weighted by molar-refractivity contribution is 7.28. The molecular formula is C24H27N5O3P+. The van der Waals surface area contributed by atoms with Gasteiger partial charge in [0, 0.05) is 23.4 Å². The molecule has 170 valence electrons. The molecule has 5 N–H and O–H groups in total. The van der Waals surface area contributed by atoms with E-state index >= 15 is 0 Å². The third-order valence-corrected chi connectivity index (χ3v) is 5.20. The molecule has 0 aliphatic carbocycles. The normalized spacial score (nSPS) is 10.8. The van der Waals surface area contributed by atoms with Gasteiger partial charge in [0.25, 0.3) is 0 Å². The number of nitrogens with two attached hydrogens (primary N) is 1. The van der Waals surface area contributed by atoms with E-state index in [1.54, 1.807) is 30.3 Å². The zero-order chi connectivity index (χ0) is 24.0. The molecule has 1 atom stereocenters. The van der Waals surface area contributed by atoms with Gasteiger partial charge in [-0.25, -0.2) is 15.2 Å². The number of fused-ring (bicyclic) bond motifs is 1. The molecule has 0 spiro atoms. The Morgan fingerprint density at radius 1 is 1.15 bits per heavy atom. The number of carbonyl (C=O) groups is 1. The van der Waals surface area contributed by atoms with Gasteiger partial charge in [-0.05, 0) is 42.1 Å². The van der Waals surface area contributed by atoms with Gasteiger partial charge in [-0.15, -0.1) is 9.24 Å². The van der Waals surface area contributed by atoms with E-state index in [9.17, 15) is 10.0 Å². The third kappa shape index (κ3) is 5.62. The van der Waals surface area contributed by atoms with Crippen LogP contribution in [0.1, 0.15) is 25.0 Å². The summed E-state index contributed by atoms with van der Waals surface area (Å²) in [6.45, 7) is 6.01. The number of hydrogen-bond donors (Lipinski definition) is 4. The molecule has 0 bridgehead atoms. The lowest BCUT2D eigenvalue weighted by atomic mass is 10.1. The van der Waals surface area contributed by atoms with Crippen LogP contribution in [-0.4, -0.2) is 31.0 Å². The molecule has 1 unspecified atom stereocenters. The lowest BCUT2D eigenvalue weighted by Crippen LogP contribution is -2.73. The number of amides is 1. The number of carbonyl (C=O) groups excluding carboxylic acids is 1. The van der Waals surface area contributed by atoms with Crippen molar-refractivity contribution in [3.05, 3.63) is 71.9 Å². The van der Waals surface area contributed by atoms with Gasteiger partial charge in [0.2, 0.25) is 5.91 Å². The Labute approximate surface area is 194 Å². The van der Waals surface area contributed by atoms with Crippen LogP contribution in [0.15, 0.2) is 60.8 Å². The van der Waals surface area contributed by atoms with Gasteiger partial charge in [0.05, 0.1) is 6.20 Å². The lowest BCUT2D eigenvalue weighted by molar-refractivity contribution is -0.825. The Morgan fingerprint density at radius 3 is 2.55 bits per heavy atom. The Bertz CT molecular complexity index is 1300. The second kappa shape index (κ2) is 10.8. The average molecular weight is 464 g/mol. The van der Waals surface area contributed by atoms with Crippen LogP contribution in [0, 0.1) is 6.92 Å². The predicted molar refractivity (Wildman–Crippen MR) is 133 cm³/mol. The van der Waals surface area contributed by atoms with Gasteiger partial charge in [-0.1, -0.05) is 43.7 Å². The number of rotatable bonds is 5. The number of aromatic nitrogens is 3. The standard InChI is InChI=1S/C22H20N5O3P.C2H6/c1-13-2-4-14(5-3-13)6-9-20(28)24-15-7-8-17(19(31)11-15)22-25-21-18(27(22)30)10-16(26-29)12-23-21;1-2/h2-12,26,29-30H,31H2,1H3,(H,24,28);1-2H3/p+1/b9-6+;. The van der Waals surface area contributed by atoms with E-state index in [1.807, 2.05) is 45.0 Å². The summed E-state index contributed by atoms with van der Waals surface area (Å²) in [6.07, 6.45) is 4.70. The van der Waals surface area contributed by atoms with Gasteiger partial charge in [0.15, 0.2) is 17.2 Å². The number of anilines is 1. The van der Waals surface area contributed by atoms with Crippen molar-refractivity contribution in [2.75, 3.05) is 5.32 Å². The van der Waals surface area contributed by atoms with Crippen LogP contribution in [-0.2, 0) is 4.79 Å². The summed E-state index contributed by atoms with van der Waals surface area (Å²) in [6, 6.07) is 14.7. The molecule has 2 heterocycles. The first-order chi connectivity index (χ1) is 15.9. The lowest BCUT2D eigenvalue weighted by Gasteiger charge is -2.08. The molecule has 0 saturated carbocycles. The maximum Gasteiger partial charge on any atom is 0.248 e. The van der Waals surface area contributed by atoms with E-state index in [0.29, 0.717) is 33.9 Å². The summed E-state index contributed by atoms with van der Waals surface area (Å²) in [4.78, 5) is 20.8. The number of benzene rings is 2. The van der Waals surface area contributed by atoms with Crippen molar-refractivity contribution >= 4 is 49.1 Å². The van der Waals surface area contributed by atoms with Gasteiger partial charge in [0.1, 0.15) is 5.52 Å². The highest BCUT2D eigenvalue weighted by Crippen LogP contribution is 2.24. The third-order valence-electron chi connectivity index (χ3n) is 4.72. The number of quaternary nitrogens is 1. The molecule has 4 rings (SSSR count). The molecule has 1 amide bonds. The van der Waals surface area contributed by atoms with Crippen molar-refractivity contribution in [2.45, 2.75) is 20.8 Å². The molecule has 4 aromatic rings. The summed E-state index contributed by atoms with van der Waals surface area (Å²) in [5, 5.41) is 23.2. The number of hydrogen-bond acceptors (Lipinski definition) is 5. The van der Waals surface area contributed by atoms with Crippen molar-refractivity contribution in [3.8, 4) is 11.4 Å². The summed E-state index contributed by atoms with van der Waals surface area (Å²) >= 11 is 0. The van der Waals surface area contributed by atoms with E-state index in [-0.39, 0.29) is 5.91 Å². The largest absolute Gasteiger partial charge is 0.426 e. The summed E-state index contributed by atoms with van der Waals surface area (Å²) in [5.74, 6) is 0.0591. The zero-order valence-electron chi connectivity index (χ0n) is 18.6. The minimum Gasteiger partial charge on any atom is -0.426 e. The van der Waals surface area contributed by atoms with Crippen LogP contribution in [0.4, 0.5) is 11.4 Å². The molecule has 2 aromatic carbocycles. The first-order valence-corrected chi connectivity index (χ1v) is 11.0. The second-order valence-electron chi connectivity index (χ2n) is 7.02.